The van der Waals surface area contributed by atoms with E-state index < -0.39 is 0 Å². The molecule has 6 rings (SSSR count). The van der Waals surface area contributed by atoms with Crippen LogP contribution in [0, 0.1) is 17.8 Å². The summed E-state index contributed by atoms with van der Waals surface area (Å²) in [5.74, 6) is 2.55. The van der Waals surface area contributed by atoms with Gasteiger partial charge in [0.2, 0.25) is 0 Å². The number of rotatable bonds is 2. The lowest BCUT2D eigenvalue weighted by molar-refractivity contribution is -0.946. The predicted molar refractivity (Wildman–Crippen MR) is 97.2 cm³/mol. The van der Waals surface area contributed by atoms with Crippen LogP contribution in [0.1, 0.15) is 43.7 Å². The van der Waals surface area contributed by atoms with Crippen LogP contribution in [0.2, 0.25) is 0 Å². The molecule has 1 aromatic carbocycles. The molecule has 0 amide bonds. The van der Waals surface area contributed by atoms with Gasteiger partial charge in [-0.15, -0.1) is 0 Å². The molecule has 0 aromatic heterocycles. The number of likely N-dealkylation sites (N-methyl/N-ethyl adjacent to an activating group) is 1. The first-order valence-electron chi connectivity index (χ1n) is 10.3. The number of aromatic hydroxyl groups is 1. The Balaban J connectivity index is 1.56. The summed E-state index contributed by atoms with van der Waals surface area (Å²) in [6.07, 6.45) is 5.48. The Bertz CT molecular complexity index is 831. The van der Waals surface area contributed by atoms with Crippen molar-refractivity contribution in [3.05, 3.63) is 23.3 Å². The van der Waals surface area contributed by atoms with Crippen LogP contribution in [0.15, 0.2) is 12.1 Å². The zero-order valence-corrected chi connectivity index (χ0v) is 15.7. The number of phenolic OH excluding ortho intramolecular Hbond substituents is 1. The molecule has 3 fully saturated rings. The van der Waals surface area contributed by atoms with E-state index in [4.69, 9.17) is 4.74 Å². The van der Waals surface area contributed by atoms with Crippen LogP contribution in [0.5, 0.6) is 11.5 Å². The van der Waals surface area contributed by atoms with Crippen LogP contribution in [0.3, 0.4) is 0 Å². The molecular formula is C22H28NO3+. The van der Waals surface area contributed by atoms with E-state index in [0.29, 0.717) is 17.7 Å². The third-order valence-electron chi connectivity index (χ3n) is 8.51. The fraction of sp³-hybridized carbons (Fsp3) is 0.682. The van der Waals surface area contributed by atoms with E-state index in [-0.39, 0.29) is 29.0 Å². The van der Waals surface area contributed by atoms with Crippen LogP contribution < -0.4 is 4.74 Å². The maximum absolute atomic E-state index is 13.1. The fourth-order valence-corrected chi connectivity index (χ4v) is 7.11. The van der Waals surface area contributed by atoms with Crippen LogP contribution in [0.4, 0.5) is 0 Å². The topological polar surface area (TPSA) is 46.5 Å². The van der Waals surface area contributed by atoms with Gasteiger partial charge in [-0.2, -0.15) is 0 Å². The quantitative estimate of drug-likeness (QED) is 0.831. The lowest BCUT2D eigenvalue weighted by atomic mass is 9.49. The summed E-state index contributed by atoms with van der Waals surface area (Å²) in [6, 6.07) is 4.45. The maximum atomic E-state index is 13.1. The number of hydrogen-bond donors (Lipinski definition) is 1. The minimum Gasteiger partial charge on any atom is -0.504 e. The SMILES string of the molecule is C[C@H]1C[C@H]2[C@H]3Cc4ccc(O)c5c4[C@@]2(CC[N+]3(C)CC2CC2)[C@@H](O5)C1=O. The number of Topliss-reactive ketones (excluding diaryl/α,β-unsaturated/α-hetero) is 1. The van der Waals surface area contributed by atoms with Gasteiger partial charge in [-0.1, -0.05) is 13.0 Å². The number of hydrogen-bond acceptors (Lipinski definition) is 3. The smallest absolute Gasteiger partial charge is 0.177 e. The van der Waals surface area contributed by atoms with Gasteiger partial charge < -0.3 is 14.3 Å². The van der Waals surface area contributed by atoms with Gasteiger partial charge in [0.05, 0.1) is 31.6 Å². The second-order valence-corrected chi connectivity index (χ2v) is 9.98. The van der Waals surface area contributed by atoms with Crippen molar-refractivity contribution >= 4 is 5.78 Å². The van der Waals surface area contributed by atoms with Crippen LogP contribution in [-0.2, 0) is 16.6 Å². The molecule has 4 nitrogen and oxygen atoms in total. The normalized spacial score (nSPS) is 45.2. The molecule has 1 saturated heterocycles. The van der Waals surface area contributed by atoms with Crippen LogP contribution >= 0.6 is 0 Å². The van der Waals surface area contributed by atoms with Gasteiger partial charge in [-0.05, 0) is 30.9 Å². The molecular weight excluding hydrogens is 326 g/mol. The number of ketones is 1. The Labute approximate surface area is 154 Å². The highest BCUT2D eigenvalue weighted by molar-refractivity contribution is 5.90. The summed E-state index contributed by atoms with van der Waals surface area (Å²) in [7, 11) is 2.47. The summed E-state index contributed by atoms with van der Waals surface area (Å²) in [4.78, 5) is 13.1. The minimum atomic E-state index is -0.379. The Hall–Kier alpha value is -1.55. The van der Waals surface area contributed by atoms with Crippen molar-refractivity contribution in [1.29, 1.82) is 0 Å². The summed E-state index contributed by atoms with van der Waals surface area (Å²) in [5, 5.41) is 10.4. The molecule has 5 aliphatic rings. The summed E-state index contributed by atoms with van der Waals surface area (Å²) < 4.78 is 7.41. The number of carbonyl (C=O) groups excluding carboxylic acids is 1. The highest BCUT2D eigenvalue weighted by Gasteiger charge is 2.70. The summed E-state index contributed by atoms with van der Waals surface area (Å²) in [5.41, 5.74) is 2.34. The van der Waals surface area contributed by atoms with Crippen LogP contribution in [0.25, 0.3) is 0 Å². The zero-order valence-electron chi connectivity index (χ0n) is 15.7. The van der Waals surface area contributed by atoms with E-state index in [0.717, 1.165) is 31.7 Å². The average Bonchev–Trinajstić information content (AvgIpc) is 3.34. The molecule has 4 heteroatoms. The Morgan fingerprint density at radius 3 is 2.92 bits per heavy atom. The molecule has 1 N–H and O–H groups in total. The van der Waals surface area contributed by atoms with E-state index in [1.54, 1.807) is 6.07 Å². The van der Waals surface area contributed by atoms with Crippen LogP contribution in [-0.4, -0.2) is 47.7 Å². The number of likely N-dealkylation sites (tertiary alicyclic amines) is 1. The van der Waals surface area contributed by atoms with Crippen molar-refractivity contribution in [3.8, 4) is 11.5 Å². The third-order valence-corrected chi connectivity index (χ3v) is 8.51. The molecule has 1 aromatic rings. The Morgan fingerprint density at radius 2 is 2.15 bits per heavy atom. The Kier molecular flexibility index (Phi) is 2.77. The zero-order chi connectivity index (χ0) is 17.8. The standard InChI is InChI=1S/C22H27NO3/c1-12-9-15-16-10-14-5-6-17(24)20-18(14)22(15,21(26-20)19(12)25)7-8-23(16,2)11-13-3-4-13/h5-6,12-13,15-16,21H,3-4,7-11H2,1-2H3/p+1/t12-,15-,16+,21-,22-,23?/m0/s1. The first kappa shape index (κ1) is 15.5. The van der Waals surface area contributed by atoms with E-state index in [1.807, 2.05) is 0 Å². The first-order chi connectivity index (χ1) is 12.4. The molecule has 2 aliphatic heterocycles. The third kappa shape index (κ3) is 1.68. The number of nitrogens with zero attached hydrogens (tertiary/aromatic N) is 1. The summed E-state index contributed by atoms with van der Waals surface area (Å²) in [6.45, 7) is 4.51. The number of benzene rings is 1. The van der Waals surface area contributed by atoms with Crippen molar-refractivity contribution in [3.63, 3.8) is 0 Å². The van der Waals surface area contributed by atoms with Crippen molar-refractivity contribution < 1.29 is 19.1 Å². The molecule has 1 unspecified atom stereocenters. The highest BCUT2D eigenvalue weighted by atomic mass is 16.5. The second-order valence-electron chi connectivity index (χ2n) is 9.98. The number of ether oxygens (including phenoxy) is 1. The maximum Gasteiger partial charge on any atom is 0.177 e. The number of piperidine rings is 1. The van der Waals surface area contributed by atoms with E-state index in [1.165, 1.54) is 35.0 Å². The number of carbonyl (C=O) groups is 1. The van der Waals surface area contributed by atoms with E-state index in [2.05, 4.69) is 20.0 Å². The Morgan fingerprint density at radius 1 is 1.35 bits per heavy atom. The second kappa shape index (κ2) is 4.64. The predicted octanol–water partition coefficient (Wildman–Crippen LogP) is 2.80. The molecule has 138 valence electrons. The molecule has 2 saturated carbocycles. The molecule has 2 heterocycles. The molecule has 3 aliphatic carbocycles. The van der Waals surface area contributed by atoms with Gasteiger partial charge in [0, 0.05) is 36.2 Å². The largest absolute Gasteiger partial charge is 0.504 e. The summed E-state index contributed by atoms with van der Waals surface area (Å²) >= 11 is 0. The minimum absolute atomic E-state index is 0.0612. The molecule has 0 radical (unpaired) electrons. The molecule has 2 bridgehead atoms. The van der Waals surface area contributed by atoms with Crippen molar-refractivity contribution in [2.24, 2.45) is 17.8 Å². The number of quaternary nitrogens is 1. The van der Waals surface area contributed by atoms with Gasteiger partial charge in [0.25, 0.3) is 0 Å². The van der Waals surface area contributed by atoms with Gasteiger partial charge in [0.15, 0.2) is 23.4 Å². The number of phenols is 1. The van der Waals surface area contributed by atoms with E-state index >= 15 is 0 Å². The molecule has 6 atom stereocenters. The van der Waals surface area contributed by atoms with Crippen molar-refractivity contribution in [2.75, 3.05) is 20.1 Å². The van der Waals surface area contributed by atoms with Gasteiger partial charge in [-0.25, -0.2) is 0 Å². The van der Waals surface area contributed by atoms with E-state index in [9.17, 15) is 9.90 Å². The van der Waals surface area contributed by atoms with Crippen molar-refractivity contribution in [1.82, 2.24) is 0 Å². The van der Waals surface area contributed by atoms with Gasteiger partial charge >= 0.3 is 0 Å². The molecule has 1 spiro atoms. The monoisotopic (exact) mass is 354 g/mol. The average molecular weight is 354 g/mol. The highest BCUT2D eigenvalue weighted by Crippen LogP contribution is 2.64. The molecule has 26 heavy (non-hydrogen) atoms. The van der Waals surface area contributed by atoms with Gasteiger partial charge in [-0.3, -0.25) is 4.79 Å². The van der Waals surface area contributed by atoms with Gasteiger partial charge in [0.1, 0.15) is 0 Å². The fourth-order valence-electron chi connectivity index (χ4n) is 7.11. The first-order valence-corrected chi connectivity index (χ1v) is 10.3. The van der Waals surface area contributed by atoms with Crippen molar-refractivity contribution in [2.45, 2.75) is 56.6 Å². The lowest BCUT2D eigenvalue weighted by Gasteiger charge is -2.61. The lowest BCUT2D eigenvalue weighted by Crippen LogP contribution is -2.72.